The van der Waals surface area contributed by atoms with E-state index in [1.807, 2.05) is 31.3 Å². The molecule has 3 heteroatoms. The Morgan fingerprint density at radius 2 is 1.78 bits per heavy atom. The first-order valence-corrected chi connectivity index (χ1v) is 9.00. The van der Waals surface area contributed by atoms with Crippen molar-refractivity contribution >= 4 is 5.91 Å². The Morgan fingerprint density at radius 1 is 1.13 bits per heavy atom. The summed E-state index contributed by atoms with van der Waals surface area (Å²) in [7, 11) is 3.72. The summed E-state index contributed by atoms with van der Waals surface area (Å²) in [6.45, 7) is 0.558. The molecular formula is C20H27NO2. The Labute approximate surface area is 139 Å². The minimum absolute atomic E-state index is 0.181. The lowest BCUT2D eigenvalue weighted by molar-refractivity contribution is -0.0491. The van der Waals surface area contributed by atoms with Crippen LogP contribution in [0.2, 0.25) is 0 Å². The predicted octanol–water partition coefficient (Wildman–Crippen LogP) is 3.73. The smallest absolute Gasteiger partial charge is 0.253 e. The van der Waals surface area contributed by atoms with Crippen molar-refractivity contribution in [3.8, 4) is 0 Å². The summed E-state index contributed by atoms with van der Waals surface area (Å²) in [6, 6.07) is 8.36. The molecule has 0 saturated heterocycles. The fraction of sp³-hybridized carbons (Fsp3) is 0.650. The van der Waals surface area contributed by atoms with E-state index in [-0.39, 0.29) is 5.91 Å². The molecule has 1 aromatic rings. The summed E-state index contributed by atoms with van der Waals surface area (Å²) in [5, 5.41) is 0. The van der Waals surface area contributed by atoms with E-state index in [2.05, 4.69) is 4.90 Å². The van der Waals surface area contributed by atoms with Gasteiger partial charge in [-0.25, -0.2) is 0 Å². The molecule has 0 aliphatic heterocycles. The van der Waals surface area contributed by atoms with E-state index in [0.717, 1.165) is 34.8 Å². The maximum atomic E-state index is 13.0. The van der Waals surface area contributed by atoms with E-state index in [1.165, 1.54) is 32.1 Å². The van der Waals surface area contributed by atoms with E-state index >= 15 is 0 Å². The number of rotatable bonds is 4. The average molecular weight is 313 g/mol. The van der Waals surface area contributed by atoms with Crippen LogP contribution in [0.4, 0.5) is 0 Å². The van der Waals surface area contributed by atoms with Crippen LogP contribution in [0.15, 0.2) is 24.3 Å². The molecule has 0 unspecified atom stereocenters. The van der Waals surface area contributed by atoms with Gasteiger partial charge in [0.15, 0.2) is 0 Å². The molecule has 4 bridgehead atoms. The highest BCUT2D eigenvalue weighted by atomic mass is 16.5. The topological polar surface area (TPSA) is 29.5 Å². The Hall–Kier alpha value is -1.35. The van der Waals surface area contributed by atoms with Gasteiger partial charge in [0.1, 0.15) is 0 Å². The van der Waals surface area contributed by atoms with Crippen molar-refractivity contribution < 1.29 is 9.53 Å². The van der Waals surface area contributed by atoms with Crippen molar-refractivity contribution in [3.63, 3.8) is 0 Å². The molecule has 124 valence electrons. The number of hydrogen-bond donors (Lipinski definition) is 0. The normalized spacial score (nSPS) is 34.6. The van der Waals surface area contributed by atoms with E-state index in [4.69, 9.17) is 4.74 Å². The Morgan fingerprint density at radius 3 is 2.39 bits per heavy atom. The number of carbonyl (C=O) groups excluding carboxylic acids is 1. The van der Waals surface area contributed by atoms with Crippen molar-refractivity contribution in [1.82, 2.24) is 4.90 Å². The monoisotopic (exact) mass is 313 g/mol. The van der Waals surface area contributed by atoms with Gasteiger partial charge in [0.25, 0.3) is 5.91 Å². The summed E-state index contributed by atoms with van der Waals surface area (Å²) in [4.78, 5) is 15.1. The summed E-state index contributed by atoms with van der Waals surface area (Å²) in [6.07, 6.45) is 6.84. The lowest BCUT2D eigenvalue weighted by Gasteiger charge is -2.56. The van der Waals surface area contributed by atoms with Crippen LogP contribution in [-0.4, -0.2) is 31.0 Å². The van der Waals surface area contributed by atoms with Gasteiger partial charge in [-0.3, -0.25) is 4.79 Å². The first-order chi connectivity index (χ1) is 11.2. The minimum atomic E-state index is 0.181. The molecular weight excluding hydrogens is 286 g/mol. The van der Waals surface area contributed by atoms with Crippen molar-refractivity contribution in [2.45, 2.75) is 44.8 Å². The van der Waals surface area contributed by atoms with Crippen LogP contribution in [0.5, 0.6) is 0 Å². The van der Waals surface area contributed by atoms with Crippen LogP contribution in [0.25, 0.3) is 0 Å². The summed E-state index contributed by atoms with van der Waals surface area (Å²) in [5.74, 6) is 3.55. The zero-order chi connectivity index (χ0) is 16.0. The molecule has 23 heavy (non-hydrogen) atoms. The molecule has 0 heterocycles. The molecule has 4 aliphatic rings. The molecule has 5 rings (SSSR count). The van der Waals surface area contributed by atoms with Crippen molar-refractivity contribution in [3.05, 3.63) is 35.4 Å². The van der Waals surface area contributed by atoms with Crippen molar-refractivity contribution in [2.75, 3.05) is 14.2 Å². The fourth-order valence-corrected chi connectivity index (χ4v) is 5.83. The largest absolute Gasteiger partial charge is 0.380 e. The summed E-state index contributed by atoms with van der Waals surface area (Å²) in [5.41, 5.74) is 1.87. The highest BCUT2D eigenvalue weighted by Crippen LogP contribution is 2.55. The zero-order valence-electron chi connectivity index (χ0n) is 14.2. The van der Waals surface area contributed by atoms with Gasteiger partial charge in [0, 0.05) is 25.8 Å². The van der Waals surface area contributed by atoms with Crippen LogP contribution in [0.1, 0.15) is 48.0 Å². The second-order valence-electron chi connectivity index (χ2n) is 7.97. The maximum Gasteiger partial charge on any atom is 0.253 e. The second kappa shape index (κ2) is 5.94. The Kier molecular flexibility index (Phi) is 3.92. The van der Waals surface area contributed by atoms with Gasteiger partial charge in [-0.15, -0.1) is 0 Å². The zero-order valence-corrected chi connectivity index (χ0v) is 14.2. The van der Waals surface area contributed by atoms with Gasteiger partial charge in [0.2, 0.25) is 0 Å². The van der Waals surface area contributed by atoms with Crippen LogP contribution in [-0.2, 0) is 11.3 Å². The van der Waals surface area contributed by atoms with E-state index in [0.29, 0.717) is 12.6 Å². The van der Waals surface area contributed by atoms with Crippen molar-refractivity contribution in [2.24, 2.45) is 23.7 Å². The van der Waals surface area contributed by atoms with Crippen LogP contribution in [0.3, 0.4) is 0 Å². The van der Waals surface area contributed by atoms with E-state index in [9.17, 15) is 4.79 Å². The SMILES string of the molecule is COCc1cccc(C(=O)N(C)C2C3CC4CC(C3)CC2C4)c1. The van der Waals surface area contributed by atoms with Crippen LogP contribution in [0, 0.1) is 23.7 Å². The Bertz CT molecular complexity index is 569. The first kappa shape index (κ1) is 15.2. The molecule has 0 spiro atoms. The molecule has 4 fully saturated rings. The summed E-state index contributed by atoms with van der Waals surface area (Å²) < 4.78 is 5.19. The number of ether oxygens (including phenoxy) is 1. The molecule has 0 atom stereocenters. The average Bonchev–Trinajstić information content (AvgIpc) is 2.53. The molecule has 0 radical (unpaired) electrons. The number of nitrogens with zero attached hydrogens (tertiary/aromatic N) is 1. The highest BCUT2D eigenvalue weighted by Gasteiger charge is 2.50. The molecule has 4 aliphatic carbocycles. The molecule has 0 N–H and O–H groups in total. The molecule has 0 aromatic heterocycles. The molecule has 1 aromatic carbocycles. The van der Waals surface area contributed by atoms with Gasteiger partial charge in [0.05, 0.1) is 6.61 Å². The number of carbonyl (C=O) groups is 1. The predicted molar refractivity (Wildman–Crippen MR) is 90.1 cm³/mol. The summed E-state index contributed by atoms with van der Waals surface area (Å²) >= 11 is 0. The van der Waals surface area contributed by atoms with Gasteiger partial charge in [-0.05, 0) is 73.5 Å². The van der Waals surface area contributed by atoms with Gasteiger partial charge >= 0.3 is 0 Å². The fourth-order valence-electron chi connectivity index (χ4n) is 5.83. The number of hydrogen-bond acceptors (Lipinski definition) is 2. The van der Waals surface area contributed by atoms with E-state index < -0.39 is 0 Å². The van der Waals surface area contributed by atoms with E-state index in [1.54, 1.807) is 7.11 Å². The standard InChI is InChI=1S/C20H27NO2/c1-21(20(22)16-5-3-4-13(7-16)12-23-2)19-17-8-14-6-15(10-17)11-18(19)9-14/h3-5,7,14-15,17-19H,6,8-12H2,1-2H3. The first-order valence-electron chi connectivity index (χ1n) is 9.00. The van der Waals surface area contributed by atoms with Gasteiger partial charge in [-0.1, -0.05) is 12.1 Å². The number of benzene rings is 1. The molecule has 1 amide bonds. The number of methoxy groups -OCH3 is 1. The van der Waals surface area contributed by atoms with Gasteiger partial charge in [-0.2, -0.15) is 0 Å². The number of amides is 1. The lowest BCUT2D eigenvalue weighted by Crippen LogP contribution is -2.56. The lowest BCUT2D eigenvalue weighted by atomic mass is 9.54. The second-order valence-corrected chi connectivity index (χ2v) is 7.97. The third-order valence-electron chi connectivity index (χ3n) is 6.43. The van der Waals surface area contributed by atoms with Crippen LogP contribution < -0.4 is 0 Å². The van der Waals surface area contributed by atoms with Gasteiger partial charge < -0.3 is 9.64 Å². The maximum absolute atomic E-state index is 13.0. The van der Waals surface area contributed by atoms with Crippen molar-refractivity contribution in [1.29, 1.82) is 0 Å². The molecule has 4 saturated carbocycles. The third-order valence-corrected chi connectivity index (χ3v) is 6.43. The Balaban J connectivity index is 1.53. The highest BCUT2D eigenvalue weighted by molar-refractivity contribution is 5.94. The van der Waals surface area contributed by atoms with Crippen LogP contribution >= 0.6 is 0 Å². The molecule has 3 nitrogen and oxygen atoms in total. The quantitative estimate of drug-likeness (QED) is 0.847. The third kappa shape index (κ3) is 2.69. The minimum Gasteiger partial charge on any atom is -0.380 e.